The Hall–Kier alpha value is -1.85. The SMILES string of the molecule is O=S1(=O)c2ccccc2C(O)N1c1ccccc1. The molecular formula is C13H11NO3S. The molecule has 92 valence electrons. The Labute approximate surface area is 105 Å². The van der Waals surface area contributed by atoms with E-state index in [0.29, 0.717) is 11.3 Å². The van der Waals surface area contributed by atoms with Crippen LogP contribution in [0.15, 0.2) is 59.5 Å². The van der Waals surface area contributed by atoms with Gasteiger partial charge in [0.2, 0.25) is 0 Å². The van der Waals surface area contributed by atoms with E-state index in [0.717, 1.165) is 4.31 Å². The van der Waals surface area contributed by atoms with Crippen molar-refractivity contribution in [3.8, 4) is 0 Å². The number of sulfonamides is 1. The minimum atomic E-state index is -3.67. The fourth-order valence-electron chi connectivity index (χ4n) is 2.15. The van der Waals surface area contributed by atoms with Gasteiger partial charge in [0.25, 0.3) is 10.0 Å². The van der Waals surface area contributed by atoms with Crippen LogP contribution in [0.4, 0.5) is 5.69 Å². The van der Waals surface area contributed by atoms with Crippen LogP contribution in [0.1, 0.15) is 11.8 Å². The maximum atomic E-state index is 12.4. The van der Waals surface area contributed by atoms with Crippen molar-refractivity contribution in [3.63, 3.8) is 0 Å². The Kier molecular flexibility index (Phi) is 2.39. The number of aliphatic hydroxyl groups is 1. The summed E-state index contributed by atoms with van der Waals surface area (Å²) in [4.78, 5) is 0.168. The van der Waals surface area contributed by atoms with Crippen molar-refractivity contribution in [2.45, 2.75) is 11.1 Å². The smallest absolute Gasteiger partial charge is 0.267 e. The first-order chi connectivity index (χ1) is 8.62. The lowest BCUT2D eigenvalue weighted by Crippen LogP contribution is -2.27. The van der Waals surface area contributed by atoms with Gasteiger partial charge in [-0.2, -0.15) is 0 Å². The van der Waals surface area contributed by atoms with Crippen molar-refractivity contribution in [1.29, 1.82) is 0 Å². The van der Waals surface area contributed by atoms with Gasteiger partial charge in [0.1, 0.15) is 0 Å². The van der Waals surface area contributed by atoms with Gasteiger partial charge in [-0.05, 0) is 18.2 Å². The lowest BCUT2D eigenvalue weighted by Gasteiger charge is -2.21. The quantitative estimate of drug-likeness (QED) is 0.852. The molecule has 0 aromatic heterocycles. The molecule has 1 heterocycles. The van der Waals surface area contributed by atoms with Gasteiger partial charge in [0.05, 0.1) is 10.6 Å². The lowest BCUT2D eigenvalue weighted by molar-refractivity contribution is 0.193. The Balaban J connectivity index is 2.22. The van der Waals surface area contributed by atoms with E-state index in [2.05, 4.69) is 0 Å². The van der Waals surface area contributed by atoms with Gasteiger partial charge in [0.15, 0.2) is 6.23 Å². The minimum Gasteiger partial charge on any atom is -0.368 e. The molecule has 1 aliphatic heterocycles. The molecule has 0 bridgehead atoms. The maximum absolute atomic E-state index is 12.4. The Bertz CT molecular complexity index is 682. The van der Waals surface area contributed by atoms with Crippen LogP contribution >= 0.6 is 0 Å². The van der Waals surface area contributed by atoms with Crippen LogP contribution in [0.2, 0.25) is 0 Å². The highest BCUT2D eigenvalue weighted by atomic mass is 32.2. The van der Waals surface area contributed by atoms with Crippen molar-refractivity contribution in [2.24, 2.45) is 0 Å². The summed E-state index contributed by atoms with van der Waals surface area (Å²) in [5, 5.41) is 10.2. The third-order valence-electron chi connectivity index (χ3n) is 2.97. The summed E-state index contributed by atoms with van der Waals surface area (Å²) in [6.45, 7) is 0. The normalized spacial score (nSPS) is 20.7. The molecule has 0 amide bonds. The van der Waals surface area contributed by atoms with Crippen molar-refractivity contribution >= 4 is 15.7 Å². The number of benzene rings is 2. The number of fused-ring (bicyclic) bond motifs is 1. The molecule has 2 aromatic carbocycles. The van der Waals surface area contributed by atoms with Crippen LogP contribution in [0.3, 0.4) is 0 Å². The molecule has 18 heavy (non-hydrogen) atoms. The monoisotopic (exact) mass is 261 g/mol. The lowest BCUT2D eigenvalue weighted by atomic mass is 10.2. The molecule has 0 spiro atoms. The number of nitrogens with zero attached hydrogens (tertiary/aromatic N) is 1. The molecule has 2 aromatic rings. The van der Waals surface area contributed by atoms with E-state index >= 15 is 0 Å². The summed E-state index contributed by atoms with van der Waals surface area (Å²) in [6.07, 6.45) is -1.16. The second kappa shape index (κ2) is 3.83. The fourth-order valence-corrected chi connectivity index (χ4v) is 3.86. The van der Waals surface area contributed by atoms with Gasteiger partial charge in [0, 0.05) is 5.56 Å². The molecule has 3 rings (SSSR count). The number of hydrogen-bond donors (Lipinski definition) is 1. The second-order valence-corrected chi connectivity index (χ2v) is 5.83. The summed E-state index contributed by atoms with van der Waals surface area (Å²) in [5.74, 6) is 0. The van der Waals surface area contributed by atoms with Crippen molar-refractivity contribution in [2.75, 3.05) is 4.31 Å². The van der Waals surface area contributed by atoms with E-state index < -0.39 is 16.3 Å². The summed E-state index contributed by atoms with van der Waals surface area (Å²) >= 11 is 0. The fraction of sp³-hybridized carbons (Fsp3) is 0.0769. The van der Waals surface area contributed by atoms with E-state index in [1.54, 1.807) is 48.5 Å². The first-order valence-corrected chi connectivity index (χ1v) is 6.93. The summed E-state index contributed by atoms with van der Waals surface area (Å²) in [6, 6.07) is 15.1. The van der Waals surface area contributed by atoms with Gasteiger partial charge in [-0.15, -0.1) is 0 Å². The number of para-hydroxylation sites is 1. The molecule has 0 radical (unpaired) electrons. The van der Waals surface area contributed by atoms with Crippen molar-refractivity contribution in [1.82, 2.24) is 0 Å². The zero-order valence-electron chi connectivity index (χ0n) is 9.39. The van der Waals surface area contributed by atoms with E-state index in [9.17, 15) is 13.5 Å². The number of rotatable bonds is 1. The first kappa shape index (κ1) is 11.3. The molecule has 4 nitrogen and oxygen atoms in total. The molecule has 1 atom stereocenters. The summed E-state index contributed by atoms with van der Waals surface area (Å²) in [7, 11) is -3.67. The number of aliphatic hydroxyl groups excluding tert-OH is 1. The Morgan fingerprint density at radius 2 is 1.56 bits per heavy atom. The predicted octanol–water partition coefficient (Wildman–Crippen LogP) is 1.89. The maximum Gasteiger partial charge on any atom is 0.267 e. The third-order valence-corrected chi connectivity index (χ3v) is 4.82. The standard InChI is InChI=1S/C13H11NO3S/c15-13-11-8-4-5-9-12(11)18(16,17)14(13)10-6-2-1-3-7-10/h1-9,13,15H. The highest BCUT2D eigenvalue weighted by molar-refractivity contribution is 7.93. The molecule has 1 aliphatic rings. The first-order valence-electron chi connectivity index (χ1n) is 5.49. The average molecular weight is 261 g/mol. The van der Waals surface area contributed by atoms with Crippen molar-refractivity contribution < 1.29 is 13.5 Å². The van der Waals surface area contributed by atoms with E-state index in [-0.39, 0.29) is 4.90 Å². The molecule has 0 aliphatic carbocycles. The van der Waals surface area contributed by atoms with Gasteiger partial charge >= 0.3 is 0 Å². The van der Waals surface area contributed by atoms with Crippen molar-refractivity contribution in [3.05, 3.63) is 60.2 Å². The van der Waals surface area contributed by atoms with Crippen LogP contribution in [0.5, 0.6) is 0 Å². The number of anilines is 1. The largest absolute Gasteiger partial charge is 0.368 e. The van der Waals surface area contributed by atoms with Gasteiger partial charge in [-0.25, -0.2) is 12.7 Å². The molecule has 0 saturated heterocycles. The molecule has 0 fully saturated rings. The second-order valence-electron chi connectivity index (χ2n) is 4.05. The Morgan fingerprint density at radius 1 is 0.944 bits per heavy atom. The van der Waals surface area contributed by atoms with Gasteiger partial charge in [-0.3, -0.25) is 0 Å². The molecular weight excluding hydrogens is 250 g/mol. The van der Waals surface area contributed by atoms with Crippen LogP contribution in [-0.2, 0) is 10.0 Å². The highest BCUT2D eigenvalue weighted by Gasteiger charge is 2.41. The molecule has 1 N–H and O–H groups in total. The van der Waals surface area contributed by atoms with Gasteiger partial charge < -0.3 is 5.11 Å². The highest BCUT2D eigenvalue weighted by Crippen LogP contribution is 2.40. The summed E-state index contributed by atoms with van der Waals surface area (Å²) in [5.41, 5.74) is 0.877. The van der Waals surface area contributed by atoms with E-state index in [4.69, 9.17) is 0 Å². The van der Waals surface area contributed by atoms with Gasteiger partial charge in [-0.1, -0.05) is 36.4 Å². The van der Waals surface area contributed by atoms with Crippen LogP contribution in [0, 0.1) is 0 Å². The third kappa shape index (κ3) is 1.45. The van der Waals surface area contributed by atoms with E-state index in [1.165, 1.54) is 6.07 Å². The topological polar surface area (TPSA) is 57.6 Å². The average Bonchev–Trinajstić information content (AvgIpc) is 2.59. The van der Waals surface area contributed by atoms with Crippen LogP contribution < -0.4 is 4.31 Å². The summed E-state index contributed by atoms with van der Waals surface area (Å²) < 4.78 is 25.8. The van der Waals surface area contributed by atoms with Crippen LogP contribution in [-0.4, -0.2) is 13.5 Å². The molecule has 5 heteroatoms. The zero-order valence-corrected chi connectivity index (χ0v) is 10.2. The van der Waals surface area contributed by atoms with E-state index in [1.807, 2.05) is 0 Å². The van der Waals surface area contributed by atoms with Crippen LogP contribution in [0.25, 0.3) is 0 Å². The molecule has 0 saturated carbocycles. The predicted molar refractivity (Wildman–Crippen MR) is 67.5 cm³/mol. The minimum absolute atomic E-state index is 0.168. The number of hydrogen-bond acceptors (Lipinski definition) is 3. The molecule has 1 unspecified atom stereocenters. The Morgan fingerprint density at radius 3 is 2.22 bits per heavy atom. The zero-order chi connectivity index (χ0) is 12.8.